The summed E-state index contributed by atoms with van der Waals surface area (Å²) in [5, 5.41) is 13.8. The van der Waals surface area contributed by atoms with Crippen LogP contribution in [0.5, 0.6) is 5.75 Å². The van der Waals surface area contributed by atoms with E-state index >= 15 is 0 Å². The molecule has 1 N–H and O–H groups in total. The maximum atomic E-state index is 12.7. The van der Waals surface area contributed by atoms with Crippen LogP contribution in [0.4, 0.5) is 5.69 Å². The van der Waals surface area contributed by atoms with Gasteiger partial charge < -0.3 is 10.1 Å². The van der Waals surface area contributed by atoms with Gasteiger partial charge in [0.05, 0.1) is 11.0 Å². The molecule has 0 spiro atoms. The maximum Gasteiger partial charge on any atom is 0.269 e. The van der Waals surface area contributed by atoms with Gasteiger partial charge in [0.25, 0.3) is 11.6 Å². The van der Waals surface area contributed by atoms with Gasteiger partial charge in [-0.05, 0) is 30.2 Å². The molecule has 3 aromatic carbocycles. The van der Waals surface area contributed by atoms with Gasteiger partial charge >= 0.3 is 0 Å². The summed E-state index contributed by atoms with van der Waals surface area (Å²) in [6.45, 7) is 1.64. The normalized spacial score (nSPS) is 11.6. The number of ether oxygens (including phenoxy) is 1. The topological polar surface area (TPSA) is 81.5 Å². The molecule has 3 rings (SSSR count). The molecule has 28 heavy (non-hydrogen) atoms. The first-order valence-electron chi connectivity index (χ1n) is 8.86. The molecular weight excluding hydrogens is 356 g/mol. The van der Waals surface area contributed by atoms with Gasteiger partial charge in [0.15, 0.2) is 6.10 Å². The molecule has 1 amide bonds. The fourth-order valence-corrected chi connectivity index (χ4v) is 2.81. The zero-order valence-corrected chi connectivity index (χ0v) is 15.3. The lowest BCUT2D eigenvalue weighted by atomic mass is 9.98. The first kappa shape index (κ1) is 19.1. The Morgan fingerprint density at radius 2 is 1.39 bits per heavy atom. The number of hydrogen-bond acceptors (Lipinski definition) is 4. The standard InChI is InChI=1S/C22H20N2O4/c1-16(28-20-14-12-19(13-15-20)24(26)27)22(25)23-21(17-8-4-2-5-9-17)18-10-6-3-7-11-18/h2-16,21H,1H3,(H,23,25)/t16-/m0/s1. The second-order valence-corrected chi connectivity index (χ2v) is 6.27. The van der Waals surface area contributed by atoms with Crippen LogP contribution in [0.2, 0.25) is 0 Å². The van der Waals surface area contributed by atoms with Crippen molar-refractivity contribution < 1.29 is 14.5 Å². The van der Waals surface area contributed by atoms with E-state index < -0.39 is 11.0 Å². The average molecular weight is 376 g/mol. The van der Waals surface area contributed by atoms with Crippen LogP contribution in [0.25, 0.3) is 0 Å². The number of nitro groups is 1. The van der Waals surface area contributed by atoms with Gasteiger partial charge in [0.1, 0.15) is 5.75 Å². The predicted molar refractivity (Wildman–Crippen MR) is 106 cm³/mol. The van der Waals surface area contributed by atoms with Crippen LogP contribution in [0.15, 0.2) is 84.9 Å². The molecule has 142 valence electrons. The third kappa shape index (κ3) is 4.73. The largest absolute Gasteiger partial charge is 0.481 e. The summed E-state index contributed by atoms with van der Waals surface area (Å²) >= 11 is 0. The number of amides is 1. The van der Waals surface area contributed by atoms with Crippen LogP contribution >= 0.6 is 0 Å². The summed E-state index contributed by atoms with van der Waals surface area (Å²) in [5.74, 6) is 0.111. The van der Waals surface area contributed by atoms with Gasteiger partial charge in [-0.25, -0.2) is 0 Å². The molecule has 0 saturated heterocycles. The Hall–Kier alpha value is -3.67. The van der Waals surface area contributed by atoms with Crippen molar-refractivity contribution >= 4 is 11.6 Å². The minimum absolute atomic E-state index is 0.0299. The van der Waals surface area contributed by atoms with Crippen molar-refractivity contribution in [3.8, 4) is 5.75 Å². The summed E-state index contributed by atoms with van der Waals surface area (Å²) in [5.41, 5.74) is 1.90. The van der Waals surface area contributed by atoms with Crippen LogP contribution in [-0.2, 0) is 4.79 Å². The van der Waals surface area contributed by atoms with E-state index in [9.17, 15) is 14.9 Å². The predicted octanol–water partition coefficient (Wildman–Crippen LogP) is 4.27. The number of carbonyl (C=O) groups excluding carboxylic acids is 1. The SMILES string of the molecule is C[C@H](Oc1ccc([N+](=O)[O-])cc1)C(=O)NC(c1ccccc1)c1ccccc1. The highest BCUT2D eigenvalue weighted by atomic mass is 16.6. The van der Waals surface area contributed by atoms with E-state index in [1.807, 2.05) is 60.7 Å². The average Bonchev–Trinajstić information content (AvgIpc) is 2.73. The molecule has 6 heteroatoms. The molecule has 0 heterocycles. The van der Waals surface area contributed by atoms with Crippen molar-refractivity contribution in [3.63, 3.8) is 0 Å². The van der Waals surface area contributed by atoms with Crippen molar-refractivity contribution in [1.82, 2.24) is 5.32 Å². The van der Waals surface area contributed by atoms with Crippen molar-refractivity contribution in [3.05, 3.63) is 106 Å². The molecule has 0 aromatic heterocycles. The van der Waals surface area contributed by atoms with Gasteiger partial charge in [0, 0.05) is 12.1 Å². The second-order valence-electron chi connectivity index (χ2n) is 6.27. The van der Waals surface area contributed by atoms with Gasteiger partial charge in [-0.3, -0.25) is 14.9 Å². The molecule has 1 atom stereocenters. The number of nitrogens with one attached hydrogen (secondary N) is 1. The van der Waals surface area contributed by atoms with Gasteiger partial charge in [-0.15, -0.1) is 0 Å². The van der Waals surface area contributed by atoms with E-state index in [4.69, 9.17) is 4.74 Å². The molecule has 0 aliphatic rings. The Kier molecular flexibility index (Phi) is 6.01. The van der Waals surface area contributed by atoms with Crippen LogP contribution in [-0.4, -0.2) is 16.9 Å². The Labute approximate surface area is 162 Å². The number of nitrogens with zero attached hydrogens (tertiary/aromatic N) is 1. The van der Waals surface area contributed by atoms with E-state index in [0.717, 1.165) is 11.1 Å². The third-order valence-corrected chi connectivity index (χ3v) is 4.28. The number of benzene rings is 3. The fraction of sp³-hybridized carbons (Fsp3) is 0.136. The number of nitro benzene ring substituents is 1. The summed E-state index contributed by atoms with van der Waals surface area (Å²) in [7, 11) is 0. The molecule has 0 unspecified atom stereocenters. The quantitative estimate of drug-likeness (QED) is 0.493. The Balaban J connectivity index is 1.73. The van der Waals surface area contributed by atoms with Crippen molar-refractivity contribution in [2.75, 3.05) is 0 Å². The molecule has 0 aliphatic carbocycles. The number of non-ortho nitro benzene ring substituents is 1. The smallest absolute Gasteiger partial charge is 0.269 e. The lowest BCUT2D eigenvalue weighted by molar-refractivity contribution is -0.384. The van der Waals surface area contributed by atoms with E-state index in [0.29, 0.717) is 5.75 Å². The Morgan fingerprint density at radius 1 is 0.893 bits per heavy atom. The van der Waals surface area contributed by atoms with Crippen molar-refractivity contribution in [2.45, 2.75) is 19.1 Å². The lowest BCUT2D eigenvalue weighted by Gasteiger charge is -2.22. The molecule has 0 radical (unpaired) electrons. The summed E-state index contributed by atoms with van der Waals surface area (Å²) in [6, 6.07) is 24.7. The number of rotatable bonds is 7. The molecule has 3 aromatic rings. The fourth-order valence-electron chi connectivity index (χ4n) is 2.81. The first-order chi connectivity index (χ1) is 13.5. The highest BCUT2D eigenvalue weighted by Gasteiger charge is 2.21. The zero-order valence-electron chi connectivity index (χ0n) is 15.3. The summed E-state index contributed by atoms with van der Waals surface area (Å²) in [4.78, 5) is 23.0. The number of carbonyl (C=O) groups is 1. The van der Waals surface area contributed by atoms with Gasteiger partial charge in [-0.2, -0.15) is 0 Å². The van der Waals surface area contributed by atoms with Crippen LogP contribution in [0.3, 0.4) is 0 Å². The Bertz CT molecular complexity index is 888. The van der Waals surface area contributed by atoms with Crippen molar-refractivity contribution in [1.29, 1.82) is 0 Å². The minimum atomic E-state index is -0.767. The minimum Gasteiger partial charge on any atom is -0.481 e. The molecule has 0 saturated carbocycles. The summed E-state index contributed by atoms with van der Waals surface area (Å²) in [6.07, 6.45) is -0.767. The van der Waals surface area contributed by atoms with Crippen LogP contribution < -0.4 is 10.1 Å². The van der Waals surface area contributed by atoms with E-state index in [1.165, 1.54) is 24.3 Å². The van der Waals surface area contributed by atoms with Crippen LogP contribution in [0.1, 0.15) is 24.1 Å². The van der Waals surface area contributed by atoms with E-state index in [1.54, 1.807) is 6.92 Å². The highest BCUT2D eigenvalue weighted by molar-refractivity contribution is 5.81. The maximum absolute atomic E-state index is 12.7. The van der Waals surface area contributed by atoms with E-state index in [-0.39, 0.29) is 17.6 Å². The Morgan fingerprint density at radius 3 is 1.86 bits per heavy atom. The molecule has 0 bridgehead atoms. The molecule has 0 fully saturated rings. The van der Waals surface area contributed by atoms with Gasteiger partial charge in [0.2, 0.25) is 0 Å². The molecular formula is C22H20N2O4. The monoisotopic (exact) mass is 376 g/mol. The highest BCUT2D eigenvalue weighted by Crippen LogP contribution is 2.23. The summed E-state index contributed by atoms with van der Waals surface area (Å²) < 4.78 is 5.65. The van der Waals surface area contributed by atoms with E-state index in [2.05, 4.69) is 5.32 Å². The first-order valence-corrected chi connectivity index (χ1v) is 8.86. The van der Waals surface area contributed by atoms with Gasteiger partial charge in [-0.1, -0.05) is 60.7 Å². The zero-order chi connectivity index (χ0) is 19.9. The lowest BCUT2D eigenvalue weighted by Crippen LogP contribution is -2.39. The molecule has 6 nitrogen and oxygen atoms in total. The van der Waals surface area contributed by atoms with Crippen molar-refractivity contribution in [2.24, 2.45) is 0 Å². The van der Waals surface area contributed by atoms with Crippen LogP contribution in [0, 0.1) is 10.1 Å². The molecule has 0 aliphatic heterocycles. The third-order valence-electron chi connectivity index (χ3n) is 4.28. The number of hydrogen-bond donors (Lipinski definition) is 1. The second kappa shape index (κ2) is 8.81.